The van der Waals surface area contributed by atoms with E-state index >= 15 is 0 Å². The summed E-state index contributed by atoms with van der Waals surface area (Å²) in [6, 6.07) is 14.1. The number of thiazole rings is 1. The van der Waals surface area contributed by atoms with Gasteiger partial charge < -0.3 is 9.64 Å². The van der Waals surface area contributed by atoms with Crippen LogP contribution >= 0.6 is 11.3 Å². The maximum absolute atomic E-state index is 12.7. The summed E-state index contributed by atoms with van der Waals surface area (Å²) in [6.07, 6.45) is 0. The fourth-order valence-corrected chi connectivity index (χ4v) is 3.83. The highest BCUT2D eigenvalue weighted by atomic mass is 32.1. The van der Waals surface area contributed by atoms with Crippen LogP contribution in [0.4, 0.5) is 0 Å². The molecule has 3 rings (SSSR count). The molecule has 0 aliphatic rings. The Morgan fingerprint density at radius 3 is 2.56 bits per heavy atom. The summed E-state index contributed by atoms with van der Waals surface area (Å²) >= 11 is 1.51. The quantitative estimate of drug-likeness (QED) is 0.598. The molecule has 0 fully saturated rings. The fourth-order valence-electron chi connectivity index (χ4n) is 2.95. The molecule has 1 amide bonds. The van der Waals surface area contributed by atoms with Crippen LogP contribution in [-0.4, -0.2) is 29.4 Å². The Bertz CT molecular complexity index is 932. The maximum atomic E-state index is 12.7. The van der Waals surface area contributed by atoms with Gasteiger partial charge in [0.05, 0.1) is 6.61 Å². The highest BCUT2D eigenvalue weighted by Gasteiger charge is 2.17. The van der Waals surface area contributed by atoms with Gasteiger partial charge in [0, 0.05) is 24.5 Å². The molecule has 0 radical (unpaired) electrons. The molecule has 5 heteroatoms. The van der Waals surface area contributed by atoms with Gasteiger partial charge in [-0.2, -0.15) is 0 Å². The number of carbonyl (C=O) groups is 1. The van der Waals surface area contributed by atoms with Crippen LogP contribution in [-0.2, 0) is 6.54 Å². The molecule has 0 bridgehead atoms. The first kappa shape index (κ1) is 19.1. The lowest BCUT2D eigenvalue weighted by Gasteiger charge is -2.16. The number of ether oxygens (including phenoxy) is 1. The van der Waals surface area contributed by atoms with Gasteiger partial charge in [0.1, 0.15) is 16.5 Å². The van der Waals surface area contributed by atoms with Gasteiger partial charge in [-0.15, -0.1) is 11.3 Å². The van der Waals surface area contributed by atoms with Gasteiger partial charge in [0.25, 0.3) is 5.91 Å². The number of aryl methyl sites for hydroxylation is 2. The Balaban J connectivity index is 1.71. The summed E-state index contributed by atoms with van der Waals surface area (Å²) in [5.41, 5.74) is 5.02. The first-order chi connectivity index (χ1) is 13.0. The molecule has 0 aliphatic carbocycles. The molecular weight excluding hydrogens is 356 g/mol. The Labute approximate surface area is 164 Å². The van der Waals surface area contributed by atoms with E-state index in [0.29, 0.717) is 18.8 Å². The molecule has 27 heavy (non-hydrogen) atoms. The SMILES string of the molecule is CCOc1ccc(CN(C)C(=O)c2csc(-c3ccc(C)cc3C)n2)cc1. The van der Waals surface area contributed by atoms with Crippen molar-refractivity contribution < 1.29 is 9.53 Å². The van der Waals surface area contributed by atoms with E-state index in [2.05, 4.69) is 37.0 Å². The molecule has 3 aromatic rings. The van der Waals surface area contributed by atoms with E-state index in [-0.39, 0.29) is 5.91 Å². The van der Waals surface area contributed by atoms with Crippen LogP contribution in [0.5, 0.6) is 5.75 Å². The van der Waals surface area contributed by atoms with Crippen molar-refractivity contribution >= 4 is 17.2 Å². The number of nitrogens with zero attached hydrogens (tertiary/aromatic N) is 2. The van der Waals surface area contributed by atoms with Crippen LogP contribution in [0.1, 0.15) is 34.1 Å². The number of rotatable bonds is 6. The average molecular weight is 381 g/mol. The highest BCUT2D eigenvalue weighted by molar-refractivity contribution is 7.13. The third-order valence-corrected chi connectivity index (χ3v) is 5.21. The summed E-state index contributed by atoms with van der Waals surface area (Å²) in [5.74, 6) is 0.768. The van der Waals surface area contributed by atoms with E-state index in [4.69, 9.17) is 4.74 Å². The van der Waals surface area contributed by atoms with Crippen LogP contribution < -0.4 is 4.74 Å². The number of hydrogen-bond acceptors (Lipinski definition) is 4. The second-order valence-electron chi connectivity index (χ2n) is 6.59. The number of aromatic nitrogens is 1. The first-order valence-corrected chi connectivity index (χ1v) is 9.86. The summed E-state index contributed by atoms with van der Waals surface area (Å²) in [7, 11) is 1.80. The summed E-state index contributed by atoms with van der Waals surface area (Å²) in [6.45, 7) is 7.28. The number of carbonyl (C=O) groups excluding carboxylic acids is 1. The molecule has 0 aliphatic heterocycles. The molecule has 0 unspecified atom stereocenters. The minimum Gasteiger partial charge on any atom is -0.494 e. The topological polar surface area (TPSA) is 42.4 Å². The summed E-state index contributed by atoms with van der Waals surface area (Å²) in [5, 5.41) is 2.72. The van der Waals surface area contributed by atoms with Gasteiger partial charge in [-0.05, 0) is 44.0 Å². The number of amides is 1. The molecule has 1 aromatic heterocycles. The Morgan fingerprint density at radius 2 is 1.89 bits per heavy atom. The number of hydrogen-bond donors (Lipinski definition) is 0. The van der Waals surface area contributed by atoms with E-state index in [1.807, 2.05) is 36.6 Å². The second-order valence-corrected chi connectivity index (χ2v) is 7.45. The number of benzene rings is 2. The summed E-state index contributed by atoms with van der Waals surface area (Å²) in [4.78, 5) is 19.0. The van der Waals surface area contributed by atoms with Crippen molar-refractivity contribution in [1.82, 2.24) is 9.88 Å². The lowest BCUT2D eigenvalue weighted by molar-refractivity contribution is 0.0780. The van der Waals surface area contributed by atoms with Crippen molar-refractivity contribution in [3.63, 3.8) is 0 Å². The summed E-state index contributed by atoms with van der Waals surface area (Å²) < 4.78 is 5.46. The van der Waals surface area contributed by atoms with Crippen LogP contribution in [0.3, 0.4) is 0 Å². The van der Waals surface area contributed by atoms with Gasteiger partial charge >= 0.3 is 0 Å². The van der Waals surface area contributed by atoms with E-state index < -0.39 is 0 Å². The van der Waals surface area contributed by atoms with Crippen molar-refractivity contribution in [2.45, 2.75) is 27.3 Å². The van der Waals surface area contributed by atoms with Crippen molar-refractivity contribution in [3.8, 4) is 16.3 Å². The zero-order valence-corrected chi connectivity index (χ0v) is 17.0. The minimum atomic E-state index is -0.0730. The van der Waals surface area contributed by atoms with Gasteiger partial charge in [0.2, 0.25) is 0 Å². The molecule has 0 saturated heterocycles. The third kappa shape index (κ3) is 4.55. The zero-order chi connectivity index (χ0) is 19.4. The molecule has 0 N–H and O–H groups in total. The van der Waals surface area contributed by atoms with Crippen LogP contribution in [0.25, 0.3) is 10.6 Å². The Kier molecular flexibility index (Phi) is 5.91. The van der Waals surface area contributed by atoms with Gasteiger partial charge in [-0.25, -0.2) is 4.98 Å². The molecule has 0 atom stereocenters. The Hall–Kier alpha value is -2.66. The zero-order valence-electron chi connectivity index (χ0n) is 16.2. The largest absolute Gasteiger partial charge is 0.494 e. The maximum Gasteiger partial charge on any atom is 0.273 e. The van der Waals surface area contributed by atoms with Gasteiger partial charge in [-0.1, -0.05) is 35.9 Å². The van der Waals surface area contributed by atoms with E-state index in [9.17, 15) is 4.79 Å². The smallest absolute Gasteiger partial charge is 0.273 e. The average Bonchev–Trinajstić information content (AvgIpc) is 3.12. The first-order valence-electron chi connectivity index (χ1n) is 8.98. The van der Waals surface area contributed by atoms with E-state index in [0.717, 1.165) is 21.9 Å². The van der Waals surface area contributed by atoms with Crippen LogP contribution in [0.15, 0.2) is 47.8 Å². The third-order valence-electron chi connectivity index (χ3n) is 4.34. The lowest BCUT2D eigenvalue weighted by atomic mass is 10.1. The predicted molar refractivity (Wildman–Crippen MR) is 110 cm³/mol. The standard InChI is InChI=1S/C22H24N2O2S/c1-5-26-18-9-7-17(8-10-18)13-24(4)22(25)20-14-27-21(23-20)19-11-6-15(2)12-16(19)3/h6-12,14H,5,13H2,1-4H3. The molecular formula is C22H24N2O2S. The van der Waals surface area contributed by atoms with Gasteiger partial charge in [-0.3, -0.25) is 4.79 Å². The molecule has 1 heterocycles. The highest BCUT2D eigenvalue weighted by Crippen LogP contribution is 2.28. The Morgan fingerprint density at radius 1 is 1.15 bits per heavy atom. The normalized spacial score (nSPS) is 10.7. The molecule has 0 spiro atoms. The van der Waals surface area contributed by atoms with Crippen LogP contribution in [0, 0.1) is 13.8 Å². The van der Waals surface area contributed by atoms with Crippen molar-refractivity contribution in [1.29, 1.82) is 0 Å². The monoisotopic (exact) mass is 380 g/mol. The van der Waals surface area contributed by atoms with E-state index in [1.165, 1.54) is 22.5 Å². The molecule has 2 aromatic carbocycles. The minimum absolute atomic E-state index is 0.0730. The van der Waals surface area contributed by atoms with Crippen molar-refractivity contribution in [2.75, 3.05) is 13.7 Å². The molecule has 4 nitrogen and oxygen atoms in total. The van der Waals surface area contributed by atoms with Crippen molar-refractivity contribution in [3.05, 3.63) is 70.2 Å². The molecule has 0 saturated carbocycles. The van der Waals surface area contributed by atoms with Crippen LogP contribution in [0.2, 0.25) is 0 Å². The van der Waals surface area contributed by atoms with Crippen molar-refractivity contribution in [2.24, 2.45) is 0 Å². The molecule has 140 valence electrons. The lowest BCUT2D eigenvalue weighted by Crippen LogP contribution is -2.26. The predicted octanol–water partition coefficient (Wildman–Crippen LogP) is 5.10. The second kappa shape index (κ2) is 8.35. The fraction of sp³-hybridized carbons (Fsp3) is 0.273. The van der Waals surface area contributed by atoms with E-state index in [1.54, 1.807) is 11.9 Å². The van der Waals surface area contributed by atoms with Gasteiger partial charge in [0.15, 0.2) is 0 Å².